The van der Waals surface area contributed by atoms with Crippen LogP contribution in [0.3, 0.4) is 0 Å². The number of hydrogen-bond donors (Lipinski definition) is 4. The highest BCUT2D eigenvalue weighted by Gasteiger charge is 2.13. The number of hydrogen-bond acceptors (Lipinski definition) is 5. The summed E-state index contributed by atoms with van der Waals surface area (Å²) >= 11 is 0. The van der Waals surface area contributed by atoms with Crippen LogP contribution in [0.25, 0.3) is 0 Å². The van der Waals surface area contributed by atoms with E-state index < -0.39 is 22.1 Å². The fourth-order valence-electron chi connectivity index (χ4n) is 1.67. The molecule has 0 aliphatic heterocycles. The van der Waals surface area contributed by atoms with E-state index in [-0.39, 0.29) is 10.6 Å². The first-order valence-corrected chi connectivity index (χ1v) is 7.87. The van der Waals surface area contributed by atoms with Crippen molar-refractivity contribution >= 4 is 16.1 Å². The molecule has 0 fully saturated rings. The van der Waals surface area contributed by atoms with Crippen molar-refractivity contribution in [2.75, 3.05) is 0 Å². The fourth-order valence-corrected chi connectivity index (χ4v) is 2.40. The zero-order valence-corrected chi connectivity index (χ0v) is 13.1. The monoisotopic (exact) mass is 339 g/mol. The van der Waals surface area contributed by atoms with Crippen molar-refractivity contribution in [1.29, 1.82) is 0 Å². The third-order valence-corrected chi connectivity index (χ3v) is 3.90. The van der Waals surface area contributed by atoms with Crippen LogP contribution in [0.2, 0.25) is 0 Å². The summed E-state index contributed by atoms with van der Waals surface area (Å²) in [6.45, 7) is 1.63. The highest BCUT2D eigenvalue weighted by Crippen LogP contribution is 2.15. The van der Waals surface area contributed by atoms with Gasteiger partial charge in [0.2, 0.25) is 0 Å². The Morgan fingerprint density at radius 1 is 1.09 bits per heavy atom. The van der Waals surface area contributed by atoms with Crippen LogP contribution >= 0.6 is 0 Å². The normalized spacial score (nSPS) is 12.0. The lowest BCUT2D eigenvalue weighted by Crippen LogP contribution is -2.20. The van der Waals surface area contributed by atoms with Crippen LogP contribution in [0.4, 0.5) is 0 Å². The molecule has 23 heavy (non-hydrogen) atoms. The number of nitrogens with two attached hydrogens (primary N) is 1. The van der Waals surface area contributed by atoms with Crippen molar-refractivity contribution < 1.29 is 28.0 Å². The molecule has 0 heterocycles. The average Bonchev–Trinajstić information content (AvgIpc) is 2.47. The molecular weight excluding hydrogens is 322 g/mol. The molecule has 2 aromatic rings. The maximum absolute atomic E-state index is 10.6. The minimum Gasteiger partial charge on any atom is -0.508 e. The summed E-state index contributed by atoms with van der Waals surface area (Å²) in [5, 5.41) is 17.4. The number of carboxylic acids is 1. The molecule has 0 saturated heterocycles. The van der Waals surface area contributed by atoms with E-state index in [9.17, 15) is 13.2 Å². The lowest BCUT2D eigenvalue weighted by molar-refractivity contribution is -0.138. The Morgan fingerprint density at radius 3 is 2.00 bits per heavy atom. The van der Waals surface area contributed by atoms with Crippen LogP contribution in [0.15, 0.2) is 53.4 Å². The van der Waals surface area contributed by atoms with E-state index in [0.29, 0.717) is 11.1 Å². The minimum atomic E-state index is -4.03. The number of aliphatic carboxylic acids is 1. The predicted octanol–water partition coefficient (Wildman–Crippen LogP) is 1.72. The Kier molecular flexibility index (Phi) is 6.26. The van der Waals surface area contributed by atoms with Crippen LogP contribution in [-0.4, -0.2) is 29.2 Å². The van der Waals surface area contributed by atoms with Gasteiger partial charge in [0.15, 0.2) is 0 Å². The van der Waals surface area contributed by atoms with Crippen LogP contribution in [0.1, 0.15) is 17.2 Å². The van der Waals surface area contributed by atoms with E-state index in [0.717, 1.165) is 0 Å². The number of carbonyl (C=O) groups is 1. The van der Waals surface area contributed by atoms with Gasteiger partial charge in [0.05, 0.1) is 4.90 Å². The number of carboxylic acid groups (broad SMARTS) is 1. The molecule has 1 atom stereocenters. The second-order valence-electron chi connectivity index (χ2n) is 4.65. The van der Waals surface area contributed by atoms with Gasteiger partial charge in [-0.3, -0.25) is 9.35 Å². The molecule has 0 bridgehead atoms. The molecule has 0 spiro atoms. The van der Waals surface area contributed by atoms with Crippen LogP contribution < -0.4 is 5.73 Å². The second-order valence-corrected chi connectivity index (χ2v) is 6.04. The zero-order valence-electron chi connectivity index (χ0n) is 12.2. The molecule has 0 aromatic heterocycles. The van der Waals surface area contributed by atoms with Gasteiger partial charge in [0.1, 0.15) is 11.8 Å². The fraction of sp³-hybridized carbons (Fsp3) is 0.133. The van der Waals surface area contributed by atoms with Crippen LogP contribution in [0.5, 0.6) is 5.75 Å². The summed E-state index contributed by atoms with van der Waals surface area (Å²) in [5.41, 5.74) is 6.33. The molecule has 0 unspecified atom stereocenters. The second kappa shape index (κ2) is 7.73. The summed E-state index contributed by atoms with van der Waals surface area (Å²) in [6.07, 6.45) is 0. The Hall–Kier alpha value is -2.42. The zero-order chi connectivity index (χ0) is 17.6. The Bertz CT molecular complexity index is 771. The van der Waals surface area contributed by atoms with E-state index in [1.165, 1.54) is 30.3 Å². The first-order valence-electron chi connectivity index (χ1n) is 6.43. The van der Waals surface area contributed by atoms with Crippen molar-refractivity contribution in [3.63, 3.8) is 0 Å². The van der Waals surface area contributed by atoms with E-state index in [2.05, 4.69) is 0 Å². The maximum Gasteiger partial charge on any atom is 0.325 e. The van der Waals surface area contributed by atoms with Gasteiger partial charge in [-0.2, -0.15) is 8.42 Å². The maximum atomic E-state index is 10.6. The number of rotatable bonds is 3. The van der Waals surface area contributed by atoms with Gasteiger partial charge in [-0.05, 0) is 36.2 Å². The van der Waals surface area contributed by atoms with Crippen molar-refractivity contribution in [2.45, 2.75) is 17.9 Å². The third-order valence-electron chi connectivity index (χ3n) is 2.89. The molecule has 0 radical (unpaired) electrons. The van der Waals surface area contributed by atoms with Gasteiger partial charge in [-0.25, -0.2) is 0 Å². The Morgan fingerprint density at radius 2 is 1.61 bits per heavy atom. The van der Waals surface area contributed by atoms with E-state index >= 15 is 0 Å². The van der Waals surface area contributed by atoms with Gasteiger partial charge in [-0.15, -0.1) is 0 Å². The molecule has 5 N–H and O–H groups in total. The van der Waals surface area contributed by atoms with Gasteiger partial charge in [-0.1, -0.05) is 30.3 Å². The third kappa shape index (κ3) is 5.70. The van der Waals surface area contributed by atoms with E-state index in [1.54, 1.807) is 25.1 Å². The molecule has 0 aliphatic carbocycles. The first-order chi connectivity index (χ1) is 10.6. The SMILES string of the molecule is Cc1ccccc1S(=O)(=O)O.N[C@@H](C(=O)O)c1ccc(O)cc1. The molecule has 7 nitrogen and oxygen atoms in total. The lowest BCUT2D eigenvalue weighted by Gasteiger charge is -2.05. The average molecular weight is 339 g/mol. The van der Waals surface area contributed by atoms with Gasteiger partial charge in [0.25, 0.3) is 10.1 Å². The molecule has 2 aromatic carbocycles. The molecular formula is C15H17NO6S. The van der Waals surface area contributed by atoms with E-state index in [4.69, 9.17) is 20.5 Å². The number of phenolic OH excluding ortho intramolecular Hbond substituents is 1. The first kappa shape index (κ1) is 18.6. The smallest absolute Gasteiger partial charge is 0.325 e. The number of aryl methyl sites for hydroxylation is 1. The largest absolute Gasteiger partial charge is 0.508 e. The predicted molar refractivity (Wildman–Crippen MR) is 83.7 cm³/mol. The quantitative estimate of drug-likeness (QED) is 0.624. The topological polar surface area (TPSA) is 138 Å². The summed E-state index contributed by atoms with van der Waals surface area (Å²) in [7, 11) is -4.03. The highest BCUT2D eigenvalue weighted by atomic mass is 32.2. The summed E-state index contributed by atoms with van der Waals surface area (Å²) < 4.78 is 29.9. The molecule has 0 aliphatic rings. The lowest BCUT2D eigenvalue weighted by atomic mass is 10.1. The molecule has 0 saturated carbocycles. The van der Waals surface area contributed by atoms with Gasteiger partial charge >= 0.3 is 5.97 Å². The van der Waals surface area contributed by atoms with Crippen molar-refractivity contribution in [3.8, 4) is 5.75 Å². The molecule has 0 amide bonds. The van der Waals surface area contributed by atoms with Gasteiger partial charge < -0.3 is 15.9 Å². The molecule has 2 rings (SSSR count). The number of phenols is 1. The van der Waals surface area contributed by atoms with E-state index in [1.807, 2.05) is 0 Å². The van der Waals surface area contributed by atoms with Crippen LogP contribution in [-0.2, 0) is 14.9 Å². The van der Waals surface area contributed by atoms with Crippen LogP contribution in [0, 0.1) is 6.92 Å². The van der Waals surface area contributed by atoms with Crippen molar-refractivity contribution in [1.82, 2.24) is 0 Å². The standard InChI is InChI=1S/C8H9NO3.C7H8O3S/c9-7(8(11)12)5-1-3-6(10)4-2-5;1-6-4-2-3-5-7(6)11(8,9)10/h1-4,7,10H,9H2,(H,11,12);2-5H,1H3,(H,8,9,10)/t7-;/m1./s1. The highest BCUT2D eigenvalue weighted by molar-refractivity contribution is 7.85. The van der Waals surface area contributed by atoms with Gasteiger partial charge in [0, 0.05) is 0 Å². The summed E-state index contributed by atoms with van der Waals surface area (Å²) in [6, 6.07) is 11.0. The summed E-state index contributed by atoms with van der Waals surface area (Å²) in [5.74, 6) is -0.989. The van der Waals surface area contributed by atoms with Crippen molar-refractivity contribution in [3.05, 3.63) is 59.7 Å². The molecule has 8 heteroatoms. The Balaban J connectivity index is 0.000000231. The Labute approximate surface area is 133 Å². The molecule has 124 valence electrons. The summed E-state index contributed by atoms with van der Waals surface area (Å²) in [4.78, 5) is 10.4. The minimum absolute atomic E-state index is 0.0278. The number of benzene rings is 2. The number of aromatic hydroxyl groups is 1. The van der Waals surface area contributed by atoms with Crippen molar-refractivity contribution in [2.24, 2.45) is 5.73 Å².